The Bertz CT molecular complexity index is 910. The summed E-state index contributed by atoms with van der Waals surface area (Å²) in [6.07, 6.45) is 39.6. The zero-order valence-corrected chi connectivity index (χ0v) is 37.3. The summed E-state index contributed by atoms with van der Waals surface area (Å²) in [4.78, 5) is 27.3. The lowest BCUT2D eigenvalue weighted by Gasteiger charge is -2.22. The summed E-state index contributed by atoms with van der Waals surface area (Å²) in [6.45, 7) is 10.1. The smallest absolute Gasteiger partial charge is 0.306 e. The normalized spacial score (nSPS) is 11.9. The first kappa shape index (κ1) is 52.9. The Morgan fingerprint density at radius 3 is 1.30 bits per heavy atom. The maximum Gasteiger partial charge on any atom is 0.306 e. The van der Waals surface area contributed by atoms with Crippen LogP contribution in [-0.2, 0) is 28.9 Å². The molecule has 8 heteroatoms. The summed E-state index contributed by atoms with van der Waals surface area (Å²) in [5, 5.41) is 0. The van der Waals surface area contributed by atoms with Crippen molar-refractivity contribution in [2.24, 2.45) is 0 Å². The van der Waals surface area contributed by atoms with Gasteiger partial charge in [0.05, 0.1) is 12.4 Å². The second-order valence-electron chi connectivity index (χ2n) is 16.4. The SMILES string of the molecule is CCCCCCCCCOC(=O)CCCCCCCN(CCCCCCCC(=O)OC(CCCCCCCC)CCCCCCCC)CCCS(C)(=O)=O. The van der Waals surface area contributed by atoms with Crippen LogP contribution in [0.5, 0.6) is 0 Å². The van der Waals surface area contributed by atoms with Gasteiger partial charge in [-0.3, -0.25) is 9.59 Å². The largest absolute Gasteiger partial charge is 0.466 e. The van der Waals surface area contributed by atoms with Gasteiger partial charge in [0.2, 0.25) is 0 Å². The first-order valence-electron chi connectivity index (χ1n) is 23.5. The molecule has 0 radical (unpaired) electrons. The third-order valence-corrected chi connectivity index (χ3v) is 11.8. The van der Waals surface area contributed by atoms with Gasteiger partial charge in [0.15, 0.2) is 0 Å². The van der Waals surface area contributed by atoms with E-state index in [2.05, 4.69) is 25.7 Å². The minimum Gasteiger partial charge on any atom is -0.466 e. The molecule has 0 heterocycles. The van der Waals surface area contributed by atoms with Crippen LogP contribution in [0, 0.1) is 0 Å². The van der Waals surface area contributed by atoms with E-state index in [0.29, 0.717) is 25.9 Å². The topological polar surface area (TPSA) is 90.0 Å². The van der Waals surface area contributed by atoms with Crippen LogP contribution in [0.3, 0.4) is 0 Å². The molecule has 54 heavy (non-hydrogen) atoms. The molecule has 0 amide bonds. The molecule has 7 nitrogen and oxygen atoms in total. The summed E-state index contributed by atoms with van der Waals surface area (Å²) >= 11 is 0. The van der Waals surface area contributed by atoms with Crippen molar-refractivity contribution in [3.8, 4) is 0 Å². The van der Waals surface area contributed by atoms with Gasteiger partial charge in [-0.2, -0.15) is 0 Å². The molecule has 0 aromatic heterocycles. The van der Waals surface area contributed by atoms with Gasteiger partial charge >= 0.3 is 11.9 Å². The Balaban J connectivity index is 4.26. The molecule has 0 saturated heterocycles. The quantitative estimate of drug-likeness (QED) is 0.0449. The lowest BCUT2D eigenvalue weighted by molar-refractivity contribution is -0.150. The van der Waals surface area contributed by atoms with Gasteiger partial charge in [-0.05, 0) is 83.8 Å². The fourth-order valence-corrected chi connectivity index (χ4v) is 7.94. The molecule has 0 rings (SSSR count). The maximum absolute atomic E-state index is 12.8. The molecule has 0 aliphatic heterocycles. The fraction of sp³-hybridized carbons (Fsp3) is 0.957. The number of hydrogen-bond acceptors (Lipinski definition) is 7. The monoisotopic (exact) mass is 786 g/mol. The molecule has 0 saturated carbocycles. The van der Waals surface area contributed by atoms with Gasteiger partial charge < -0.3 is 14.4 Å². The van der Waals surface area contributed by atoms with Gasteiger partial charge in [0.25, 0.3) is 0 Å². The molecule has 0 aromatic carbocycles. The highest BCUT2D eigenvalue weighted by molar-refractivity contribution is 7.90. The lowest BCUT2D eigenvalue weighted by atomic mass is 10.0. The van der Waals surface area contributed by atoms with Crippen LogP contribution in [0.4, 0.5) is 0 Å². The van der Waals surface area contributed by atoms with Crippen molar-refractivity contribution < 1.29 is 27.5 Å². The van der Waals surface area contributed by atoms with E-state index in [0.717, 1.165) is 110 Å². The van der Waals surface area contributed by atoms with E-state index in [4.69, 9.17) is 9.47 Å². The van der Waals surface area contributed by atoms with Crippen molar-refractivity contribution in [1.29, 1.82) is 0 Å². The van der Waals surface area contributed by atoms with Gasteiger partial charge in [0.1, 0.15) is 15.9 Å². The molecule has 0 aromatic rings. The number of unbranched alkanes of at least 4 members (excludes halogenated alkanes) is 24. The number of carbonyl (C=O) groups is 2. The molecule has 0 unspecified atom stereocenters. The van der Waals surface area contributed by atoms with E-state index in [1.165, 1.54) is 115 Å². The number of sulfone groups is 1. The first-order valence-corrected chi connectivity index (χ1v) is 25.5. The number of hydrogen-bond donors (Lipinski definition) is 0. The van der Waals surface area contributed by atoms with E-state index in [1.807, 2.05) is 0 Å². The summed E-state index contributed by atoms with van der Waals surface area (Å²) in [5.41, 5.74) is 0. The van der Waals surface area contributed by atoms with E-state index >= 15 is 0 Å². The summed E-state index contributed by atoms with van der Waals surface area (Å²) in [5.74, 6) is 0.185. The van der Waals surface area contributed by atoms with E-state index in [9.17, 15) is 18.0 Å². The van der Waals surface area contributed by atoms with Crippen LogP contribution in [0.25, 0.3) is 0 Å². The maximum atomic E-state index is 12.8. The third kappa shape index (κ3) is 40.5. The Morgan fingerprint density at radius 1 is 0.463 bits per heavy atom. The average molecular weight is 786 g/mol. The van der Waals surface area contributed by atoms with Gasteiger partial charge in [0, 0.05) is 19.1 Å². The average Bonchev–Trinajstić information content (AvgIpc) is 3.13. The van der Waals surface area contributed by atoms with Crippen molar-refractivity contribution in [2.75, 3.05) is 38.2 Å². The molecule has 0 fully saturated rings. The Hall–Kier alpha value is -1.15. The highest BCUT2D eigenvalue weighted by atomic mass is 32.2. The first-order chi connectivity index (χ1) is 26.2. The number of nitrogens with zero attached hydrogens (tertiary/aromatic N) is 1. The van der Waals surface area contributed by atoms with Crippen LogP contribution >= 0.6 is 0 Å². The van der Waals surface area contributed by atoms with E-state index in [1.54, 1.807) is 0 Å². The molecule has 0 N–H and O–H groups in total. The summed E-state index contributed by atoms with van der Waals surface area (Å²) < 4.78 is 34.9. The number of esters is 2. The summed E-state index contributed by atoms with van der Waals surface area (Å²) in [7, 11) is -2.95. The van der Waals surface area contributed by atoms with Crippen molar-refractivity contribution in [3.63, 3.8) is 0 Å². The molecular formula is C46H91NO6S. The fourth-order valence-electron chi connectivity index (χ4n) is 7.28. The van der Waals surface area contributed by atoms with Crippen LogP contribution in [0.1, 0.15) is 239 Å². The zero-order valence-electron chi connectivity index (χ0n) is 36.5. The highest BCUT2D eigenvalue weighted by Gasteiger charge is 2.15. The van der Waals surface area contributed by atoms with E-state index in [-0.39, 0.29) is 23.8 Å². The van der Waals surface area contributed by atoms with Crippen LogP contribution < -0.4 is 0 Å². The van der Waals surface area contributed by atoms with Crippen molar-refractivity contribution in [1.82, 2.24) is 4.90 Å². The Morgan fingerprint density at radius 2 is 0.833 bits per heavy atom. The second kappa shape index (κ2) is 40.1. The molecule has 0 bridgehead atoms. The Labute approximate surface area is 336 Å². The lowest BCUT2D eigenvalue weighted by Crippen LogP contribution is -2.28. The van der Waals surface area contributed by atoms with Crippen molar-refractivity contribution in [3.05, 3.63) is 0 Å². The van der Waals surface area contributed by atoms with Crippen LogP contribution in [-0.4, -0.2) is 69.6 Å². The van der Waals surface area contributed by atoms with Crippen molar-refractivity contribution in [2.45, 2.75) is 245 Å². The predicted molar refractivity (Wildman–Crippen MR) is 231 cm³/mol. The second-order valence-corrected chi connectivity index (χ2v) is 18.7. The van der Waals surface area contributed by atoms with E-state index < -0.39 is 9.84 Å². The summed E-state index contributed by atoms with van der Waals surface area (Å²) in [6, 6.07) is 0. The molecule has 0 atom stereocenters. The van der Waals surface area contributed by atoms with Crippen LogP contribution in [0.2, 0.25) is 0 Å². The van der Waals surface area contributed by atoms with Crippen molar-refractivity contribution >= 4 is 21.8 Å². The molecule has 0 aliphatic carbocycles. The standard InChI is InChI=1S/C46H91NO6S/c1-5-8-11-14-17-26-33-42-52-45(48)37-29-22-18-24-31-39-47(41-34-43-54(4,50)51)40-32-25-19-23-30-38-46(49)53-44(35-27-20-15-12-9-6-2)36-28-21-16-13-10-7-3/h44H,5-43H2,1-4H3. The number of carbonyl (C=O) groups excluding carboxylic acids is 2. The minimum atomic E-state index is -2.95. The molecular weight excluding hydrogens is 695 g/mol. The zero-order chi connectivity index (χ0) is 39.8. The molecule has 322 valence electrons. The predicted octanol–water partition coefficient (Wildman–Crippen LogP) is 13.1. The van der Waals surface area contributed by atoms with Crippen LogP contribution in [0.15, 0.2) is 0 Å². The van der Waals surface area contributed by atoms with Gasteiger partial charge in [-0.15, -0.1) is 0 Å². The third-order valence-electron chi connectivity index (χ3n) is 10.8. The number of ether oxygens (including phenoxy) is 2. The Kier molecular flexibility index (Phi) is 39.2. The van der Waals surface area contributed by atoms with Gasteiger partial charge in [-0.25, -0.2) is 8.42 Å². The van der Waals surface area contributed by atoms with Gasteiger partial charge in [-0.1, -0.05) is 162 Å². The number of rotatable bonds is 43. The minimum absolute atomic E-state index is 0.00671. The molecule has 0 spiro atoms. The molecule has 0 aliphatic rings. The highest BCUT2D eigenvalue weighted by Crippen LogP contribution is 2.19.